The van der Waals surface area contributed by atoms with E-state index in [1.54, 1.807) is 19.5 Å². The summed E-state index contributed by atoms with van der Waals surface area (Å²) in [7, 11) is -1.49. The Labute approximate surface area is 108 Å². The van der Waals surface area contributed by atoms with E-state index < -0.39 is 10.0 Å². The summed E-state index contributed by atoms with van der Waals surface area (Å²) in [5.74, 6) is 0.384. The van der Waals surface area contributed by atoms with Crippen LogP contribution in [0.15, 0.2) is 24.5 Å². The van der Waals surface area contributed by atoms with E-state index in [2.05, 4.69) is 4.98 Å². The fraction of sp³-hybridized carbons (Fsp3) is 0.583. The number of hydrogen-bond donors (Lipinski definition) is 0. The van der Waals surface area contributed by atoms with E-state index in [-0.39, 0.29) is 11.8 Å². The Morgan fingerprint density at radius 1 is 1.39 bits per heavy atom. The highest BCUT2D eigenvalue weighted by atomic mass is 32.2. The van der Waals surface area contributed by atoms with Crippen molar-refractivity contribution in [2.24, 2.45) is 5.92 Å². The van der Waals surface area contributed by atoms with E-state index in [0.717, 1.165) is 5.56 Å². The standard InChI is InChI=1S/C12H18N2O3S/c1-17-9-11-7-14(18(2,15)16)8-12(11)10-3-5-13-6-4-10/h3-6,11-12H,7-9H2,1-2H3/t11-,12-/m0/s1. The molecule has 1 aliphatic heterocycles. The number of pyridine rings is 1. The highest BCUT2D eigenvalue weighted by Crippen LogP contribution is 2.33. The summed E-state index contributed by atoms with van der Waals surface area (Å²) in [6, 6.07) is 3.89. The van der Waals surface area contributed by atoms with Gasteiger partial charge in [-0.15, -0.1) is 0 Å². The minimum absolute atomic E-state index is 0.183. The molecule has 0 unspecified atom stereocenters. The third-order valence-electron chi connectivity index (χ3n) is 3.39. The molecule has 0 radical (unpaired) electrons. The predicted octanol–water partition coefficient (Wildman–Crippen LogP) is 0.703. The molecule has 0 saturated carbocycles. The first-order valence-electron chi connectivity index (χ1n) is 5.86. The summed E-state index contributed by atoms with van der Waals surface area (Å²) in [6.45, 7) is 1.62. The number of sulfonamides is 1. The van der Waals surface area contributed by atoms with Crippen molar-refractivity contribution in [2.75, 3.05) is 33.1 Å². The van der Waals surface area contributed by atoms with Crippen molar-refractivity contribution < 1.29 is 13.2 Å². The van der Waals surface area contributed by atoms with Gasteiger partial charge in [0.05, 0.1) is 12.9 Å². The van der Waals surface area contributed by atoms with E-state index in [1.807, 2.05) is 12.1 Å². The predicted molar refractivity (Wildman–Crippen MR) is 68.8 cm³/mol. The molecule has 0 aliphatic carbocycles. The second kappa shape index (κ2) is 5.34. The molecule has 1 aliphatic rings. The Morgan fingerprint density at radius 3 is 2.61 bits per heavy atom. The van der Waals surface area contributed by atoms with Crippen molar-refractivity contribution >= 4 is 10.0 Å². The van der Waals surface area contributed by atoms with Gasteiger partial charge in [-0.25, -0.2) is 12.7 Å². The number of hydrogen-bond acceptors (Lipinski definition) is 4. The average molecular weight is 270 g/mol. The van der Waals surface area contributed by atoms with Gasteiger partial charge in [0.2, 0.25) is 10.0 Å². The molecule has 18 heavy (non-hydrogen) atoms. The molecule has 1 aromatic rings. The van der Waals surface area contributed by atoms with Crippen LogP contribution in [0.3, 0.4) is 0 Å². The molecule has 2 rings (SSSR count). The first kappa shape index (κ1) is 13.5. The van der Waals surface area contributed by atoms with Gasteiger partial charge in [0.25, 0.3) is 0 Å². The maximum atomic E-state index is 11.6. The lowest BCUT2D eigenvalue weighted by molar-refractivity contribution is 0.151. The minimum Gasteiger partial charge on any atom is -0.384 e. The minimum atomic E-state index is -3.13. The summed E-state index contributed by atoms with van der Waals surface area (Å²) in [5, 5.41) is 0. The third kappa shape index (κ3) is 2.88. The van der Waals surface area contributed by atoms with Gasteiger partial charge in [0.15, 0.2) is 0 Å². The van der Waals surface area contributed by atoms with Crippen molar-refractivity contribution in [2.45, 2.75) is 5.92 Å². The lowest BCUT2D eigenvalue weighted by Gasteiger charge is -2.17. The third-order valence-corrected chi connectivity index (χ3v) is 4.63. The molecule has 2 heterocycles. The van der Waals surface area contributed by atoms with Gasteiger partial charge in [0.1, 0.15) is 0 Å². The lowest BCUT2D eigenvalue weighted by Crippen LogP contribution is -2.28. The van der Waals surface area contributed by atoms with Gasteiger partial charge >= 0.3 is 0 Å². The molecule has 1 aromatic heterocycles. The van der Waals surface area contributed by atoms with Crippen molar-refractivity contribution in [1.29, 1.82) is 0 Å². The fourth-order valence-electron chi connectivity index (χ4n) is 2.47. The Bertz CT molecular complexity index is 489. The van der Waals surface area contributed by atoms with Crippen LogP contribution in [-0.2, 0) is 14.8 Å². The van der Waals surface area contributed by atoms with Gasteiger partial charge in [0, 0.05) is 44.4 Å². The van der Waals surface area contributed by atoms with E-state index in [9.17, 15) is 8.42 Å². The van der Waals surface area contributed by atoms with Gasteiger partial charge in [-0.05, 0) is 17.7 Å². The number of nitrogens with zero attached hydrogens (tertiary/aromatic N) is 2. The van der Waals surface area contributed by atoms with E-state index in [1.165, 1.54) is 10.6 Å². The van der Waals surface area contributed by atoms with Crippen molar-refractivity contribution in [3.8, 4) is 0 Å². The van der Waals surface area contributed by atoms with Crippen molar-refractivity contribution in [1.82, 2.24) is 9.29 Å². The van der Waals surface area contributed by atoms with Crippen LogP contribution in [0.1, 0.15) is 11.5 Å². The maximum absolute atomic E-state index is 11.6. The number of ether oxygens (including phenoxy) is 1. The normalized spacial score (nSPS) is 25.4. The van der Waals surface area contributed by atoms with Gasteiger partial charge in [-0.2, -0.15) is 0 Å². The maximum Gasteiger partial charge on any atom is 0.211 e. The monoisotopic (exact) mass is 270 g/mol. The molecule has 1 fully saturated rings. The molecule has 2 atom stereocenters. The summed E-state index contributed by atoms with van der Waals surface area (Å²) in [5.41, 5.74) is 1.12. The molecule has 0 aromatic carbocycles. The molecular formula is C12H18N2O3S. The zero-order valence-corrected chi connectivity index (χ0v) is 11.4. The molecule has 6 heteroatoms. The zero-order chi connectivity index (χ0) is 13.2. The van der Waals surface area contributed by atoms with Crippen LogP contribution in [0.4, 0.5) is 0 Å². The van der Waals surface area contributed by atoms with E-state index >= 15 is 0 Å². The van der Waals surface area contributed by atoms with Crippen LogP contribution >= 0.6 is 0 Å². The highest BCUT2D eigenvalue weighted by Gasteiger charge is 2.37. The summed E-state index contributed by atoms with van der Waals surface area (Å²) >= 11 is 0. The van der Waals surface area contributed by atoms with E-state index in [4.69, 9.17) is 4.74 Å². The van der Waals surface area contributed by atoms with Crippen LogP contribution in [0.5, 0.6) is 0 Å². The van der Waals surface area contributed by atoms with Crippen molar-refractivity contribution in [3.63, 3.8) is 0 Å². The smallest absolute Gasteiger partial charge is 0.211 e. The summed E-state index contributed by atoms with van der Waals surface area (Å²) in [6.07, 6.45) is 4.73. The lowest BCUT2D eigenvalue weighted by atomic mass is 9.90. The van der Waals surface area contributed by atoms with Gasteiger partial charge in [-0.3, -0.25) is 4.98 Å². The molecule has 100 valence electrons. The second-order valence-electron chi connectivity index (χ2n) is 4.68. The highest BCUT2D eigenvalue weighted by molar-refractivity contribution is 7.88. The molecule has 0 bridgehead atoms. The second-order valence-corrected chi connectivity index (χ2v) is 6.66. The van der Waals surface area contributed by atoms with Crippen LogP contribution in [0, 0.1) is 5.92 Å². The Hall–Kier alpha value is -0.980. The first-order valence-corrected chi connectivity index (χ1v) is 7.71. The van der Waals surface area contributed by atoms with E-state index in [0.29, 0.717) is 19.7 Å². The van der Waals surface area contributed by atoms with Crippen molar-refractivity contribution in [3.05, 3.63) is 30.1 Å². The number of aromatic nitrogens is 1. The quantitative estimate of drug-likeness (QED) is 0.808. The summed E-state index contributed by atoms with van der Waals surface area (Å²) < 4.78 is 30.0. The average Bonchev–Trinajstić information content (AvgIpc) is 2.75. The molecule has 1 saturated heterocycles. The Morgan fingerprint density at radius 2 is 2.06 bits per heavy atom. The largest absolute Gasteiger partial charge is 0.384 e. The Balaban J connectivity index is 2.23. The topological polar surface area (TPSA) is 59.5 Å². The van der Waals surface area contributed by atoms with Crippen LogP contribution in [-0.4, -0.2) is 50.8 Å². The molecule has 0 N–H and O–H groups in total. The SMILES string of the molecule is COC[C@@H]1CN(S(C)(=O)=O)C[C@H]1c1ccncc1. The molecular weight excluding hydrogens is 252 g/mol. The van der Waals surface area contributed by atoms with Gasteiger partial charge < -0.3 is 4.74 Å². The Kier molecular flexibility index (Phi) is 3.99. The number of rotatable bonds is 4. The van der Waals surface area contributed by atoms with Crippen LogP contribution in [0.2, 0.25) is 0 Å². The summed E-state index contributed by atoms with van der Waals surface area (Å²) in [4.78, 5) is 3.99. The molecule has 5 nitrogen and oxygen atoms in total. The fourth-order valence-corrected chi connectivity index (χ4v) is 3.37. The number of methoxy groups -OCH3 is 1. The van der Waals surface area contributed by atoms with Crippen LogP contribution < -0.4 is 0 Å². The molecule has 0 amide bonds. The first-order chi connectivity index (χ1) is 8.52. The van der Waals surface area contributed by atoms with Gasteiger partial charge in [-0.1, -0.05) is 0 Å². The van der Waals surface area contributed by atoms with Crippen LogP contribution in [0.25, 0.3) is 0 Å². The zero-order valence-electron chi connectivity index (χ0n) is 10.6. The molecule has 0 spiro atoms.